The first-order valence-electron chi connectivity index (χ1n) is 13.8. The lowest BCUT2D eigenvalue weighted by molar-refractivity contribution is -0.147. The second-order valence-corrected chi connectivity index (χ2v) is 12.3. The zero-order valence-electron chi connectivity index (χ0n) is 23.3. The molecule has 0 bridgehead atoms. The number of thioether (sulfide) groups is 1. The molecular formula is C30H43N3O4S. The molecule has 0 heterocycles. The second kappa shape index (κ2) is 13.9. The molecule has 208 valence electrons. The molecule has 1 aromatic carbocycles. The quantitative estimate of drug-likeness (QED) is 0.398. The van der Waals surface area contributed by atoms with Gasteiger partial charge in [-0.25, -0.2) is 4.79 Å². The van der Waals surface area contributed by atoms with Gasteiger partial charge in [-0.15, -0.1) is 6.42 Å². The van der Waals surface area contributed by atoms with Crippen molar-refractivity contribution in [1.29, 1.82) is 0 Å². The predicted octanol–water partition coefficient (Wildman–Crippen LogP) is 5.19. The van der Waals surface area contributed by atoms with Crippen LogP contribution in [0.15, 0.2) is 24.3 Å². The maximum Gasteiger partial charge on any atom is 0.408 e. The molecule has 3 rings (SSSR count). The minimum absolute atomic E-state index is 0.0854. The van der Waals surface area contributed by atoms with Gasteiger partial charge in [-0.05, 0) is 82.9 Å². The molecule has 8 heteroatoms. The topological polar surface area (TPSA) is 87.7 Å². The van der Waals surface area contributed by atoms with Gasteiger partial charge in [0.25, 0.3) is 0 Å². The maximum absolute atomic E-state index is 14.3. The average molecular weight is 542 g/mol. The summed E-state index contributed by atoms with van der Waals surface area (Å²) in [6, 6.07) is 5.64. The average Bonchev–Trinajstić information content (AvgIpc) is 2.84. The van der Waals surface area contributed by atoms with Gasteiger partial charge >= 0.3 is 6.09 Å². The lowest BCUT2D eigenvalue weighted by Crippen LogP contribution is -2.58. The van der Waals surface area contributed by atoms with Crippen LogP contribution in [0.2, 0.25) is 0 Å². The van der Waals surface area contributed by atoms with Crippen molar-refractivity contribution in [3.05, 3.63) is 35.4 Å². The van der Waals surface area contributed by atoms with E-state index in [1.807, 2.05) is 30.5 Å². The second-order valence-electron chi connectivity index (χ2n) is 11.3. The minimum Gasteiger partial charge on any atom is -0.444 e. The lowest BCUT2D eigenvalue weighted by Gasteiger charge is -2.44. The summed E-state index contributed by atoms with van der Waals surface area (Å²) in [5.41, 5.74) is 0.539. The number of nitrogens with zero attached hydrogens (tertiary/aromatic N) is 1. The molecule has 2 N–H and O–H groups in total. The summed E-state index contributed by atoms with van der Waals surface area (Å²) in [6.07, 6.45) is 15.4. The highest BCUT2D eigenvalue weighted by Crippen LogP contribution is 2.35. The van der Waals surface area contributed by atoms with E-state index in [4.69, 9.17) is 11.2 Å². The largest absolute Gasteiger partial charge is 0.444 e. The number of alkyl carbamates (subject to hydrolysis) is 1. The maximum atomic E-state index is 14.3. The number of hydrogen-bond acceptors (Lipinski definition) is 5. The zero-order valence-corrected chi connectivity index (χ0v) is 24.1. The smallest absolute Gasteiger partial charge is 0.408 e. The van der Waals surface area contributed by atoms with E-state index in [2.05, 4.69) is 16.6 Å². The van der Waals surface area contributed by atoms with Crippen molar-refractivity contribution in [3.63, 3.8) is 0 Å². The van der Waals surface area contributed by atoms with Gasteiger partial charge in [-0.3, -0.25) is 9.59 Å². The molecule has 2 saturated carbocycles. The van der Waals surface area contributed by atoms with Crippen molar-refractivity contribution in [2.24, 2.45) is 0 Å². The monoisotopic (exact) mass is 541 g/mol. The fraction of sp³-hybridized carbons (Fsp3) is 0.633. The zero-order chi connectivity index (χ0) is 27.7. The van der Waals surface area contributed by atoms with E-state index in [9.17, 15) is 14.4 Å². The highest BCUT2D eigenvalue weighted by Gasteiger charge is 2.43. The Labute approximate surface area is 232 Å². The summed E-state index contributed by atoms with van der Waals surface area (Å²) in [6.45, 7) is 5.36. The van der Waals surface area contributed by atoms with Crippen LogP contribution in [-0.2, 0) is 14.3 Å². The fourth-order valence-electron chi connectivity index (χ4n) is 5.12. The Morgan fingerprint density at radius 2 is 1.79 bits per heavy atom. The molecule has 2 unspecified atom stereocenters. The summed E-state index contributed by atoms with van der Waals surface area (Å²) in [5, 5.41) is 6.05. The number of amides is 3. The summed E-state index contributed by atoms with van der Waals surface area (Å²) >= 11 is 1.60. The van der Waals surface area contributed by atoms with Gasteiger partial charge in [-0.1, -0.05) is 43.4 Å². The first-order valence-corrected chi connectivity index (χ1v) is 15.2. The molecule has 7 nitrogen and oxygen atoms in total. The number of ether oxygens (including phenoxy) is 1. The third-order valence-corrected chi connectivity index (χ3v) is 7.86. The van der Waals surface area contributed by atoms with Crippen LogP contribution in [0.5, 0.6) is 0 Å². The standard InChI is InChI=1S/C30H43N3O4S/c1-6-21-13-10-11-18-24(21)26(27(34)31-22-14-8-7-9-15-22)33(23-16-12-17-23)28(35)25(19-20-38-5)32-29(36)37-30(2,3)4/h1,10-11,13,18,22-23,25-26H,7-9,12,14-17,19-20H2,2-5H3,(H,31,34)(H,32,36). The molecular weight excluding hydrogens is 498 g/mol. The molecule has 2 aliphatic rings. The summed E-state index contributed by atoms with van der Waals surface area (Å²) in [4.78, 5) is 42.8. The molecule has 0 aliphatic heterocycles. The van der Waals surface area contributed by atoms with Crippen LogP contribution in [0.25, 0.3) is 0 Å². The highest BCUT2D eigenvalue weighted by molar-refractivity contribution is 7.98. The van der Waals surface area contributed by atoms with E-state index in [1.165, 1.54) is 6.42 Å². The molecule has 38 heavy (non-hydrogen) atoms. The number of hydrogen-bond donors (Lipinski definition) is 2. The highest BCUT2D eigenvalue weighted by atomic mass is 32.2. The normalized spacial score (nSPS) is 17.9. The summed E-state index contributed by atoms with van der Waals surface area (Å²) in [7, 11) is 0. The van der Waals surface area contributed by atoms with Crippen molar-refractivity contribution in [2.75, 3.05) is 12.0 Å². The Kier molecular flexibility index (Phi) is 11.0. The van der Waals surface area contributed by atoms with Crippen molar-refractivity contribution < 1.29 is 19.1 Å². The molecule has 0 saturated heterocycles. The number of rotatable bonds is 10. The molecule has 0 radical (unpaired) electrons. The SMILES string of the molecule is C#Cc1ccccc1C(C(=O)NC1CCCCC1)N(C(=O)C(CCSC)NC(=O)OC(C)(C)C)C1CCC1. The van der Waals surface area contributed by atoms with Crippen molar-refractivity contribution in [3.8, 4) is 12.3 Å². The van der Waals surface area contributed by atoms with Gasteiger partial charge in [0.15, 0.2) is 0 Å². The van der Waals surface area contributed by atoms with Crippen molar-refractivity contribution >= 4 is 29.7 Å². The van der Waals surface area contributed by atoms with Gasteiger partial charge in [0.2, 0.25) is 11.8 Å². The Balaban J connectivity index is 1.99. The van der Waals surface area contributed by atoms with Gasteiger partial charge in [-0.2, -0.15) is 11.8 Å². The van der Waals surface area contributed by atoms with E-state index in [0.29, 0.717) is 23.3 Å². The molecule has 1 aromatic rings. The minimum atomic E-state index is -0.876. The van der Waals surface area contributed by atoms with Crippen LogP contribution in [-0.4, -0.2) is 58.5 Å². The van der Waals surface area contributed by atoms with Gasteiger partial charge in [0.05, 0.1) is 0 Å². The van der Waals surface area contributed by atoms with Crippen LogP contribution < -0.4 is 10.6 Å². The molecule has 0 spiro atoms. The first kappa shape index (κ1) is 29.9. The van der Waals surface area contributed by atoms with E-state index in [-0.39, 0.29) is 23.9 Å². The number of carbonyl (C=O) groups is 3. The Hall–Kier alpha value is -2.66. The number of carbonyl (C=O) groups excluding carboxylic acids is 3. The van der Waals surface area contributed by atoms with E-state index in [0.717, 1.165) is 44.9 Å². The lowest BCUT2D eigenvalue weighted by atomic mass is 9.86. The third-order valence-electron chi connectivity index (χ3n) is 7.21. The number of nitrogens with one attached hydrogen (secondary N) is 2. The third kappa shape index (κ3) is 8.17. The van der Waals surface area contributed by atoms with Crippen molar-refractivity contribution in [2.45, 2.75) is 108 Å². The van der Waals surface area contributed by atoms with Crippen LogP contribution in [0.3, 0.4) is 0 Å². The van der Waals surface area contributed by atoms with Gasteiger partial charge in [0, 0.05) is 17.6 Å². The summed E-state index contributed by atoms with van der Waals surface area (Å²) < 4.78 is 5.48. The van der Waals surface area contributed by atoms with Crippen molar-refractivity contribution in [1.82, 2.24) is 15.5 Å². The van der Waals surface area contributed by atoms with Gasteiger partial charge in [0.1, 0.15) is 17.7 Å². The predicted molar refractivity (Wildman–Crippen MR) is 153 cm³/mol. The molecule has 2 fully saturated rings. The van der Waals surface area contributed by atoms with Crippen LogP contribution in [0, 0.1) is 12.3 Å². The molecule has 2 atom stereocenters. The number of terminal acetylenes is 1. The Morgan fingerprint density at radius 3 is 2.37 bits per heavy atom. The van der Waals surface area contributed by atoms with Crippen LogP contribution in [0.1, 0.15) is 95.7 Å². The fourth-order valence-corrected chi connectivity index (χ4v) is 5.59. The van der Waals surface area contributed by atoms with E-state index in [1.54, 1.807) is 37.4 Å². The van der Waals surface area contributed by atoms with Crippen LogP contribution >= 0.6 is 11.8 Å². The van der Waals surface area contributed by atoms with E-state index >= 15 is 0 Å². The summed E-state index contributed by atoms with van der Waals surface area (Å²) in [5.74, 6) is 2.90. The molecule has 3 amide bonds. The van der Waals surface area contributed by atoms with Gasteiger partial charge < -0.3 is 20.3 Å². The Bertz CT molecular complexity index is 1010. The number of benzene rings is 1. The molecule has 2 aliphatic carbocycles. The molecule has 0 aromatic heterocycles. The van der Waals surface area contributed by atoms with Crippen LogP contribution in [0.4, 0.5) is 4.79 Å². The Morgan fingerprint density at radius 1 is 1.11 bits per heavy atom. The van der Waals surface area contributed by atoms with E-state index < -0.39 is 23.8 Å². The first-order chi connectivity index (χ1) is 18.1.